The van der Waals surface area contributed by atoms with Gasteiger partial charge in [-0.15, -0.1) is 0 Å². The van der Waals surface area contributed by atoms with Crippen molar-refractivity contribution in [3.05, 3.63) is 29.8 Å². The molecule has 0 aromatic heterocycles. The highest BCUT2D eigenvalue weighted by atomic mass is 16.5. The number of carbonyl (C=O) groups is 3. The maximum Gasteiger partial charge on any atom is 0.307 e. The average molecular weight is 388 g/mol. The van der Waals surface area contributed by atoms with Crippen molar-refractivity contribution < 1.29 is 19.1 Å². The van der Waals surface area contributed by atoms with E-state index in [0.717, 1.165) is 17.7 Å². The van der Waals surface area contributed by atoms with E-state index >= 15 is 0 Å². The number of rotatable bonds is 8. The van der Waals surface area contributed by atoms with Crippen LogP contribution in [0.3, 0.4) is 0 Å². The minimum absolute atomic E-state index is 0.0558. The second kappa shape index (κ2) is 10.4. The third-order valence-electron chi connectivity index (χ3n) is 4.60. The molecule has 0 bridgehead atoms. The van der Waals surface area contributed by atoms with Gasteiger partial charge in [0.25, 0.3) is 0 Å². The van der Waals surface area contributed by atoms with Crippen LogP contribution in [0, 0.1) is 5.92 Å². The van der Waals surface area contributed by atoms with Gasteiger partial charge in [0, 0.05) is 30.6 Å². The maximum atomic E-state index is 12.8. The first kappa shape index (κ1) is 21.4. The Morgan fingerprint density at radius 2 is 2.11 bits per heavy atom. The molecule has 2 amide bonds. The van der Waals surface area contributed by atoms with E-state index in [9.17, 15) is 14.4 Å². The number of anilines is 1. The summed E-state index contributed by atoms with van der Waals surface area (Å²) in [6, 6.07) is 7.04. The molecule has 3 N–H and O–H groups in total. The summed E-state index contributed by atoms with van der Waals surface area (Å²) in [7, 11) is 0. The Balaban J connectivity index is 1.92. The number of benzene rings is 1. The number of nitrogens with zero attached hydrogens (tertiary/aromatic N) is 2. The van der Waals surface area contributed by atoms with Crippen molar-refractivity contribution in [2.75, 3.05) is 18.1 Å². The number of carbonyl (C=O) groups excluding carboxylic acids is 3. The molecule has 1 aliphatic rings. The average Bonchev–Trinajstić information content (AvgIpc) is 2.64. The summed E-state index contributed by atoms with van der Waals surface area (Å²) in [5.74, 6) is 4.14. The van der Waals surface area contributed by atoms with Crippen LogP contribution >= 0.6 is 0 Å². The predicted molar refractivity (Wildman–Crippen MR) is 107 cm³/mol. The number of amides is 2. The van der Waals surface area contributed by atoms with Crippen molar-refractivity contribution in [1.29, 1.82) is 0 Å². The fourth-order valence-electron chi connectivity index (χ4n) is 3.30. The molecule has 2 rings (SSSR count). The summed E-state index contributed by atoms with van der Waals surface area (Å²) < 4.78 is 4.88. The molecule has 0 saturated carbocycles. The Morgan fingerprint density at radius 1 is 1.39 bits per heavy atom. The van der Waals surface area contributed by atoms with Crippen molar-refractivity contribution in [3.8, 4) is 0 Å². The molecule has 1 heterocycles. The van der Waals surface area contributed by atoms with Gasteiger partial charge in [-0.2, -0.15) is 5.10 Å². The third kappa shape index (κ3) is 6.07. The van der Waals surface area contributed by atoms with Crippen LogP contribution in [0.15, 0.2) is 29.4 Å². The Morgan fingerprint density at radius 3 is 2.75 bits per heavy atom. The lowest BCUT2D eigenvalue weighted by Gasteiger charge is -2.32. The molecule has 2 atom stereocenters. The largest absolute Gasteiger partial charge is 0.466 e. The molecule has 8 nitrogen and oxygen atoms in total. The Kier molecular flexibility index (Phi) is 7.98. The second-order valence-corrected chi connectivity index (χ2v) is 6.88. The highest BCUT2D eigenvalue weighted by Gasteiger charge is 2.31. The first-order valence-electron chi connectivity index (χ1n) is 9.54. The monoisotopic (exact) mass is 388 g/mol. The molecule has 0 aliphatic carbocycles. The highest BCUT2D eigenvalue weighted by Crippen LogP contribution is 2.26. The number of nitrogens with one attached hydrogen (secondary N) is 1. The lowest BCUT2D eigenvalue weighted by Crippen LogP contribution is -2.44. The fraction of sp³-hybridized carbons (Fsp3) is 0.500. The second-order valence-electron chi connectivity index (χ2n) is 6.88. The Labute approximate surface area is 165 Å². The normalized spacial score (nSPS) is 18.1. The number of nitrogens with two attached hydrogens (primary N) is 1. The van der Waals surface area contributed by atoms with Crippen molar-refractivity contribution in [3.63, 3.8) is 0 Å². The molecule has 1 aromatic rings. The van der Waals surface area contributed by atoms with E-state index < -0.39 is 0 Å². The molecule has 1 aliphatic heterocycles. The fourth-order valence-corrected chi connectivity index (χ4v) is 3.30. The van der Waals surface area contributed by atoms with Crippen molar-refractivity contribution in [2.24, 2.45) is 16.9 Å². The van der Waals surface area contributed by atoms with Crippen LogP contribution in [0.25, 0.3) is 0 Å². The van der Waals surface area contributed by atoms with E-state index in [2.05, 4.69) is 10.4 Å². The quantitative estimate of drug-likeness (QED) is 0.304. The molecule has 28 heavy (non-hydrogen) atoms. The van der Waals surface area contributed by atoms with Gasteiger partial charge in [-0.3, -0.25) is 14.4 Å². The number of hydrogen-bond donors (Lipinski definition) is 2. The summed E-state index contributed by atoms with van der Waals surface area (Å²) >= 11 is 0. The van der Waals surface area contributed by atoms with Crippen LogP contribution in [0.5, 0.6) is 0 Å². The number of ether oxygens (including phenoxy) is 1. The molecular formula is C20H28N4O4. The number of esters is 1. The van der Waals surface area contributed by atoms with Crippen LogP contribution in [-0.4, -0.2) is 43.2 Å². The third-order valence-corrected chi connectivity index (χ3v) is 4.60. The molecule has 8 heteroatoms. The van der Waals surface area contributed by atoms with Gasteiger partial charge in [0.15, 0.2) is 0 Å². The molecule has 2 unspecified atom stereocenters. The molecule has 152 valence electrons. The first-order valence-corrected chi connectivity index (χ1v) is 9.54. The summed E-state index contributed by atoms with van der Waals surface area (Å²) in [6.07, 6.45) is 3.26. The summed E-state index contributed by atoms with van der Waals surface area (Å²) in [5, 5.41) is 6.26. The van der Waals surface area contributed by atoms with Crippen LogP contribution in [0.2, 0.25) is 0 Å². The minimum atomic E-state index is -0.367. The van der Waals surface area contributed by atoms with E-state index in [4.69, 9.17) is 10.6 Å². The van der Waals surface area contributed by atoms with Crippen LogP contribution < -0.4 is 16.1 Å². The Bertz CT molecular complexity index is 717. The zero-order valence-electron chi connectivity index (χ0n) is 16.4. The topological polar surface area (TPSA) is 114 Å². The van der Waals surface area contributed by atoms with Gasteiger partial charge in [0.2, 0.25) is 11.8 Å². The Hall–Kier alpha value is -2.90. The van der Waals surface area contributed by atoms with Crippen molar-refractivity contribution in [1.82, 2.24) is 5.32 Å². The zero-order valence-corrected chi connectivity index (χ0v) is 16.4. The molecule has 1 fully saturated rings. The van der Waals surface area contributed by atoms with E-state index in [-0.39, 0.29) is 42.6 Å². The first-order chi connectivity index (χ1) is 13.4. The molecule has 0 radical (unpaired) electrons. The van der Waals surface area contributed by atoms with Crippen molar-refractivity contribution >= 4 is 29.7 Å². The lowest BCUT2D eigenvalue weighted by atomic mass is 9.92. The number of hydrogen-bond acceptors (Lipinski definition) is 6. The van der Waals surface area contributed by atoms with Crippen LogP contribution in [0.4, 0.5) is 5.69 Å². The van der Waals surface area contributed by atoms with Gasteiger partial charge in [0.05, 0.1) is 19.2 Å². The van der Waals surface area contributed by atoms with Gasteiger partial charge in [-0.05, 0) is 44.4 Å². The number of hydrazone groups is 1. The summed E-state index contributed by atoms with van der Waals surface area (Å²) in [4.78, 5) is 38.4. The highest BCUT2D eigenvalue weighted by molar-refractivity contribution is 5.98. The minimum Gasteiger partial charge on any atom is -0.466 e. The SMILES string of the molecule is CCOC(=O)CC(C)NC(=O)CC1CCCN(c2ccc(C=NN)cc2)C1=O. The molecule has 1 saturated heterocycles. The van der Waals surface area contributed by atoms with Gasteiger partial charge in [0.1, 0.15) is 0 Å². The van der Waals surface area contributed by atoms with E-state index in [1.54, 1.807) is 18.7 Å². The predicted octanol–water partition coefficient (Wildman–Crippen LogP) is 1.57. The maximum absolute atomic E-state index is 12.8. The lowest BCUT2D eigenvalue weighted by molar-refractivity contribution is -0.143. The molecule has 1 aromatic carbocycles. The van der Waals surface area contributed by atoms with Gasteiger partial charge >= 0.3 is 5.97 Å². The summed E-state index contributed by atoms with van der Waals surface area (Å²) in [6.45, 7) is 4.42. The van der Waals surface area contributed by atoms with Gasteiger partial charge < -0.3 is 20.8 Å². The standard InChI is InChI=1S/C20H28N4O4/c1-3-28-19(26)11-14(2)23-18(25)12-16-5-4-10-24(20(16)27)17-8-6-15(7-9-17)13-22-21/h6-9,13-14,16H,3-5,10-12,21H2,1-2H3,(H,23,25). The smallest absolute Gasteiger partial charge is 0.307 e. The van der Waals surface area contributed by atoms with Crippen LogP contribution in [-0.2, 0) is 19.1 Å². The zero-order chi connectivity index (χ0) is 20.5. The molecular weight excluding hydrogens is 360 g/mol. The summed E-state index contributed by atoms with van der Waals surface area (Å²) in [5.41, 5.74) is 1.64. The number of piperidine rings is 1. The van der Waals surface area contributed by atoms with E-state index in [1.165, 1.54) is 6.21 Å². The van der Waals surface area contributed by atoms with E-state index in [0.29, 0.717) is 19.6 Å². The van der Waals surface area contributed by atoms with Gasteiger partial charge in [-0.1, -0.05) is 12.1 Å². The van der Waals surface area contributed by atoms with Crippen molar-refractivity contribution in [2.45, 2.75) is 45.6 Å². The van der Waals surface area contributed by atoms with Crippen LogP contribution in [0.1, 0.15) is 45.1 Å². The van der Waals surface area contributed by atoms with Gasteiger partial charge in [-0.25, -0.2) is 0 Å². The van der Waals surface area contributed by atoms with E-state index in [1.807, 2.05) is 24.3 Å². The molecule has 0 spiro atoms.